The number of urea groups is 1. The Labute approximate surface area is 92.0 Å². The fourth-order valence-corrected chi connectivity index (χ4v) is 1.86. The van der Waals surface area contributed by atoms with Gasteiger partial charge in [0.15, 0.2) is 0 Å². The Morgan fingerprint density at radius 2 is 2.07 bits per heavy atom. The largest absolute Gasteiger partial charge is 0.383 e. The molecule has 4 heteroatoms. The number of carbonyl (C=O) groups excluding carboxylic acids is 1. The van der Waals surface area contributed by atoms with Crippen molar-refractivity contribution in [3.63, 3.8) is 0 Å². The maximum absolute atomic E-state index is 11.7. The number of nitrogens with one attached hydrogen (secondary N) is 1. The van der Waals surface area contributed by atoms with Crippen LogP contribution in [0, 0.1) is 0 Å². The van der Waals surface area contributed by atoms with Gasteiger partial charge in [0.1, 0.15) is 0 Å². The first kappa shape index (κ1) is 12.3. The highest BCUT2D eigenvalue weighted by Gasteiger charge is 2.17. The second kappa shape index (κ2) is 6.67. The van der Waals surface area contributed by atoms with Gasteiger partial charge in [0, 0.05) is 26.7 Å². The zero-order chi connectivity index (χ0) is 11.1. The summed E-state index contributed by atoms with van der Waals surface area (Å²) in [5, 5.41) is 3.06. The lowest BCUT2D eigenvalue weighted by Crippen LogP contribution is -2.44. The Kier molecular flexibility index (Phi) is 5.47. The summed E-state index contributed by atoms with van der Waals surface area (Å²) in [5.41, 5.74) is 0. The molecule has 0 saturated heterocycles. The maximum Gasteiger partial charge on any atom is 0.317 e. The topological polar surface area (TPSA) is 41.6 Å². The molecule has 0 unspecified atom stereocenters. The molecule has 88 valence electrons. The third-order valence-corrected chi connectivity index (χ3v) is 2.91. The van der Waals surface area contributed by atoms with Crippen molar-refractivity contribution >= 4 is 6.03 Å². The van der Waals surface area contributed by atoms with E-state index in [9.17, 15) is 4.79 Å². The Bertz CT molecular complexity index is 191. The molecular weight excluding hydrogens is 192 g/mol. The van der Waals surface area contributed by atoms with Crippen molar-refractivity contribution in [1.29, 1.82) is 0 Å². The minimum Gasteiger partial charge on any atom is -0.383 e. The first-order chi connectivity index (χ1) is 7.24. The lowest BCUT2D eigenvalue weighted by Gasteiger charge is -2.26. The predicted molar refractivity (Wildman–Crippen MR) is 59.9 cm³/mol. The van der Waals surface area contributed by atoms with Gasteiger partial charge in [-0.2, -0.15) is 0 Å². The molecule has 15 heavy (non-hydrogen) atoms. The van der Waals surface area contributed by atoms with E-state index in [0.29, 0.717) is 19.2 Å². The molecule has 1 fully saturated rings. The predicted octanol–water partition coefficient (Wildman–Crippen LogP) is 1.61. The molecule has 0 atom stereocenters. The molecular formula is C11H22N2O2. The molecule has 0 bridgehead atoms. The highest BCUT2D eigenvalue weighted by atomic mass is 16.5. The second-order valence-electron chi connectivity index (χ2n) is 4.20. The zero-order valence-electron chi connectivity index (χ0n) is 9.79. The summed E-state index contributed by atoms with van der Waals surface area (Å²) in [6, 6.07) is 0.412. The quantitative estimate of drug-likeness (QED) is 0.772. The summed E-state index contributed by atoms with van der Waals surface area (Å²) in [6.45, 7) is 1.24. The van der Waals surface area contributed by atoms with E-state index < -0.39 is 0 Å². The fraction of sp³-hybridized carbons (Fsp3) is 0.909. The standard InChI is InChI=1S/C11H22N2O2/c1-13(8-9-15-2)11(14)12-10-6-4-3-5-7-10/h10H,3-9H2,1-2H3,(H,12,14). The number of ether oxygens (including phenoxy) is 1. The van der Waals surface area contributed by atoms with Crippen LogP contribution in [-0.4, -0.2) is 44.3 Å². The highest BCUT2D eigenvalue weighted by Crippen LogP contribution is 2.17. The van der Waals surface area contributed by atoms with E-state index in [1.165, 1.54) is 19.3 Å². The Morgan fingerprint density at radius 1 is 1.40 bits per heavy atom. The molecule has 1 aliphatic rings. The van der Waals surface area contributed by atoms with E-state index >= 15 is 0 Å². The van der Waals surface area contributed by atoms with Crippen molar-refractivity contribution in [2.75, 3.05) is 27.3 Å². The molecule has 1 N–H and O–H groups in total. The van der Waals surface area contributed by atoms with Gasteiger partial charge in [-0.1, -0.05) is 19.3 Å². The fourth-order valence-electron chi connectivity index (χ4n) is 1.86. The van der Waals surface area contributed by atoms with Crippen LogP contribution in [0.25, 0.3) is 0 Å². The number of methoxy groups -OCH3 is 1. The Morgan fingerprint density at radius 3 is 2.67 bits per heavy atom. The van der Waals surface area contributed by atoms with Crippen LogP contribution >= 0.6 is 0 Å². The number of likely N-dealkylation sites (N-methyl/N-ethyl adjacent to an activating group) is 1. The smallest absolute Gasteiger partial charge is 0.317 e. The van der Waals surface area contributed by atoms with Crippen molar-refractivity contribution in [3.8, 4) is 0 Å². The number of nitrogens with zero attached hydrogens (tertiary/aromatic N) is 1. The molecule has 1 aliphatic carbocycles. The summed E-state index contributed by atoms with van der Waals surface area (Å²) >= 11 is 0. The monoisotopic (exact) mass is 214 g/mol. The van der Waals surface area contributed by atoms with Crippen LogP contribution in [0.3, 0.4) is 0 Å². The van der Waals surface area contributed by atoms with Gasteiger partial charge in [-0.15, -0.1) is 0 Å². The Balaban J connectivity index is 2.20. The average molecular weight is 214 g/mol. The van der Waals surface area contributed by atoms with Crippen molar-refractivity contribution in [3.05, 3.63) is 0 Å². The van der Waals surface area contributed by atoms with Gasteiger partial charge < -0.3 is 15.0 Å². The van der Waals surface area contributed by atoms with Crippen LogP contribution in [0.15, 0.2) is 0 Å². The van der Waals surface area contributed by atoms with E-state index in [0.717, 1.165) is 12.8 Å². The molecule has 0 aromatic heterocycles. The van der Waals surface area contributed by atoms with Crippen LogP contribution in [0.2, 0.25) is 0 Å². The van der Waals surface area contributed by atoms with Gasteiger partial charge in [-0.05, 0) is 12.8 Å². The summed E-state index contributed by atoms with van der Waals surface area (Å²) in [4.78, 5) is 13.4. The number of hydrogen-bond acceptors (Lipinski definition) is 2. The first-order valence-corrected chi connectivity index (χ1v) is 5.74. The molecule has 2 amide bonds. The van der Waals surface area contributed by atoms with E-state index in [1.807, 2.05) is 0 Å². The number of carbonyl (C=O) groups is 1. The normalized spacial score (nSPS) is 17.5. The van der Waals surface area contributed by atoms with Crippen molar-refractivity contribution < 1.29 is 9.53 Å². The van der Waals surface area contributed by atoms with E-state index in [4.69, 9.17) is 4.74 Å². The van der Waals surface area contributed by atoms with Gasteiger partial charge in [0.2, 0.25) is 0 Å². The van der Waals surface area contributed by atoms with Crippen LogP contribution in [0.5, 0.6) is 0 Å². The Hall–Kier alpha value is -0.770. The van der Waals surface area contributed by atoms with Crippen LogP contribution < -0.4 is 5.32 Å². The third-order valence-electron chi connectivity index (χ3n) is 2.91. The second-order valence-corrected chi connectivity index (χ2v) is 4.20. The van der Waals surface area contributed by atoms with E-state index in [-0.39, 0.29) is 6.03 Å². The van der Waals surface area contributed by atoms with Crippen LogP contribution in [0.4, 0.5) is 4.79 Å². The highest BCUT2D eigenvalue weighted by molar-refractivity contribution is 5.74. The zero-order valence-corrected chi connectivity index (χ0v) is 9.79. The maximum atomic E-state index is 11.7. The van der Waals surface area contributed by atoms with Crippen molar-refractivity contribution in [2.45, 2.75) is 38.1 Å². The molecule has 1 saturated carbocycles. The summed E-state index contributed by atoms with van der Waals surface area (Å²) in [6.07, 6.45) is 6.05. The number of rotatable bonds is 4. The molecule has 1 rings (SSSR count). The molecule has 0 radical (unpaired) electrons. The van der Waals surface area contributed by atoms with Crippen molar-refractivity contribution in [1.82, 2.24) is 10.2 Å². The van der Waals surface area contributed by atoms with Crippen LogP contribution in [-0.2, 0) is 4.74 Å². The molecule has 0 heterocycles. The molecule has 0 aromatic rings. The minimum atomic E-state index is 0.0268. The van der Waals surface area contributed by atoms with E-state index in [1.54, 1.807) is 19.1 Å². The van der Waals surface area contributed by atoms with Gasteiger partial charge in [-0.25, -0.2) is 4.79 Å². The number of amides is 2. The summed E-state index contributed by atoms with van der Waals surface area (Å²) in [5.74, 6) is 0. The molecule has 0 aromatic carbocycles. The molecule has 0 aliphatic heterocycles. The minimum absolute atomic E-state index is 0.0268. The third kappa shape index (κ3) is 4.51. The SMILES string of the molecule is COCCN(C)C(=O)NC1CCCCC1. The van der Waals surface area contributed by atoms with Gasteiger partial charge in [-0.3, -0.25) is 0 Å². The first-order valence-electron chi connectivity index (χ1n) is 5.74. The summed E-state index contributed by atoms with van der Waals surface area (Å²) in [7, 11) is 3.45. The lowest BCUT2D eigenvalue weighted by molar-refractivity contribution is 0.156. The van der Waals surface area contributed by atoms with Crippen molar-refractivity contribution in [2.24, 2.45) is 0 Å². The number of hydrogen-bond donors (Lipinski definition) is 1. The van der Waals surface area contributed by atoms with Gasteiger partial charge in [0.25, 0.3) is 0 Å². The van der Waals surface area contributed by atoms with Gasteiger partial charge in [0.05, 0.1) is 6.61 Å². The molecule has 4 nitrogen and oxygen atoms in total. The van der Waals surface area contributed by atoms with E-state index in [2.05, 4.69) is 5.32 Å². The molecule has 0 spiro atoms. The summed E-state index contributed by atoms with van der Waals surface area (Å²) < 4.78 is 4.93. The van der Waals surface area contributed by atoms with Crippen LogP contribution in [0.1, 0.15) is 32.1 Å². The lowest BCUT2D eigenvalue weighted by atomic mass is 9.96. The average Bonchev–Trinajstić information content (AvgIpc) is 2.27. The van der Waals surface area contributed by atoms with Gasteiger partial charge >= 0.3 is 6.03 Å².